The minimum Gasteiger partial charge on any atom is -0.394 e. The summed E-state index contributed by atoms with van der Waals surface area (Å²) in [4.78, 5) is 22.2. The van der Waals surface area contributed by atoms with E-state index < -0.39 is 137 Å². The highest BCUT2D eigenvalue weighted by Crippen LogP contribution is 2.51. The van der Waals surface area contributed by atoms with Gasteiger partial charge < -0.3 is 79.1 Å². The topological polar surface area (TPSA) is 291 Å². The smallest absolute Gasteiger partial charge is 0.394 e. The molecular weight excluding hydrogens is 661 g/mol. The Morgan fingerprint density at radius 2 is 1.36 bits per heavy atom. The summed E-state index contributed by atoms with van der Waals surface area (Å²) in [5, 5.41) is 76.5. The normalized spacial score (nSPS) is 52.4. The number of carbonyl (C=O) groups is 1. The molecule has 0 aliphatic carbocycles. The maximum Gasteiger partial charge on any atom is 0.472 e. The molecule has 272 valence electrons. The summed E-state index contributed by atoms with van der Waals surface area (Å²) in [5.41, 5.74) is 0. The third-order valence-electron chi connectivity index (χ3n) is 8.74. The lowest BCUT2D eigenvalue weighted by atomic mass is 9.94. The summed E-state index contributed by atoms with van der Waals surface area (Å²) >= 11 is 0. The minimum absolute atomic E-state index is 0.130. The first-order chi connectivity index (χ1) is 22.1. The summed E-state index contributed by atoms with van der Waals surface area (Å²) in [6, 6.07) is -1.44. The number of phosphoric acid groups is 1. The Bertz CT molecular complexity index is 1120. The largest absolute Gasteiger partial charge is 0.472 e. The maximum atomic E-state index is 12.2. The molecule has 0 spiro atoms. The van der Waals surface area contributed by atoms with Crippen LogP contribution in [0.5, 0.6) is 0 Å². The predicted octanol–water partition coefficient (Wildman–Crippen LogP) is -4.33. The van der Waals surface area contributed by atoms with Crippen LogP contribution in [0.25, 0.3) is 0 Å². The van der Waals surface area contributed by atoms with Crippen molar-refractivity contribution in [3.63, 3.8) is 0 Å². The molecule has 5 saturated heterocycles. The van der Waals surface area contributed by atoms with Crippen molar-refractivity contribution in [3.8, 4) is 0 Å². The van der Waals surface area contributed by atoms with Crippen LogP contribution in [-0.2, 0) is 51.6 Å². The molecule has 0 aromatic carbocycles. The molecule has 47 heavy (non-hydrogen) atoms. The predicted molar refractivity (Wildman–Crippen MR) is 147 cm³/mol. The van der Waals surface area contributed by atoms with Gasteiger partial charge in [-0.3, -0.25) is 13.8 Å². The van der Waals surface area contributed by atoms with Crippen molar-refractivity contribution >= 4 is 13.7 Å². The van der Waals surface area contributed by atoms with Crippen LogP contribution in [0.4, 0.5) is 0 Å². The van der Waals surface area contributed by atoms with Gasteiger partial charge in [-0.15, -0.1) is 0 Å². The van der Waals surface area contributed by atoms with Crippen molar-refractivity contribution in [1.82, 2.24) is 5.32 Å². The fourth-order valence-electron chi connectivity index (χ4n) is 6.14. The minimum atomic E-state index is -4.61. The average Bonchev–Trinajstić information content (AvgIpc) is 2.99. The number of aliphatic hydroxyl groups is 7. The van der Waals surface area contributed by atoms with E-state index in [0.29, 0.717) is 0 Å². The van der Waals surface area contributed by atoms with Crippen LogP contribution in [0.1, 0.15) is 33.6 Å². The number of carbonyl (C=O) groups excluding carboxylic acids is 1. The number of hydrogen-bond acceptors (Lipinski definition) is 18. The molecule has 1 amide bonds. The maximum absolute atomic E-state index is 12.2. The second kappa shape index (κ2) is 15.1. The summed E-state index contributed by atoms with van der Waals surface area (Å²) in [7, 11) is -4.61. The van der Waals surface area contributed by atoms with E-state index in [1.165, 1.54) is 6.92 Å². The first-order valence-corrected chi connectivity index (χ1v) is 16.8. The molecule has 0 aromatic heterocycles. The molecule has 5 heterocycles. The molecule has 1 unspecified atom stereocenters. The number of rotatable bonds is 8. The van der Waals surface area contributed by atoms with Crippen LogP contribution in [-0.4, -0.2) is 170 Å². The van der Waals surface area contributed by atoms with E-state index in [-0.39, 0.29) is 12.8 Å². The van der Waals surface area contributed by atoms with Crippen LogP contribution in [0.2, 0.25) is 0 Å². The SMILES string of the molecule is CC(=O)N[C@@H]1[C@@H](O[C@@H]2O[C@@H]3COP(=O)(O)O[C@@H]3[C@H](O)[C@H]2O[C@@H]2O[C@@H](C)[C@@H](O)C[C@@H]2O)[C@H](O[C@@H]2O[C@@H](C)[C@@H](O)C[C@@H]2O)[C@@H](CO)O[C@H]1O. The number of amides is 1. The Kier molecular flexibility index (Phi) is 12.0. The molecule has 5 aliphatic rings. The summed E-state index contributed by atoms with van der Waals surface area (Å²) in [5.74, 6) is -0.644. The molecule has 0 saturated carbocycles. The molecule has 5 aliphatic heterocycles. The van der Waals surface area contributed by atoms with Gasteiger partial charge in [0.1, 0.15) is 61.0 Å². The van der Waals surface area contributed by atoms with Crippen LogP contribution in [0, 0.1) is 0 Å². The zero-order valence-corrected chi connectivity index (χ0v) is 26.6. The Morgan fingerprint density at radius 3 is 1.91 bits per heavy atom. The van der Waals surface area contributed by atoms with E-state index in [2.05, 4.69) is 5.32 Å². The molecule has 9 N–H and O–H groups in total. The van der Waals surface area contributed by atoms with Crippen LogP contribution in [0.3, 0.4) is 0 Å². The van der Waals surface area contributed by atoms with E-state index in [1.807, 2.05) is 0 Å². The number of hydrogen-bond donors (Lipinski definition) is 9. The second-order valence-electron chi connectivity index (χ2n) is 12.3. The van der Waals surface area contributed by atoms with E-state index in [9.17, 15) is 50.0 Å². The third-order valence-corrected chi connectivity index (χ3v) is 9.72. The summed E-state index contributed by atoms with van der Waals surface area (Å²) in [6.07, 6.45) is -23.6. The summed E-state index contributed by atoms with van der Waals surface area (Å²) in [6.45, 7) is 2.91. The van der Waals surface area contributed by atoms with E-state index in [0.717, 1.165) is 6.92 Å². The average molecular weight is 706 g/mol. The molecular formula is C26H44NO19P. The van der Waals surface area contributed by atoms with Gasteiger partial charge in [-0.2, -0.15) is 0 Å². The molecule has 20 nitrogen and oxygen atoms in total. The van der Waals surface area contributed by atoms with Gasteiger partial charge in [0.25, 0.3) is 0 Å². The van der Waals surface area contributed by atoms with Gasteiger partial charge in [0, 0.05) is 19.8 Å². The zero-order chi connectivity index (χ0) is 34.4. The van der Waals surface area contributed by atoms with Crippen molar-refractivity contribution in [2.24, 2.45) is 0 Å². The van der Waals surface area contributed by atoms with E-state index >= 15 is 0 Å². The van der Waals surface area contributed by atoms with Crippen molar-refractivity contribution in [2.45, 2.75) is 144 Å². The fourth-order valence-corrected chi connectivity index (χ4v) is 7.11. The second-order valence-corrected chi connectivity index (χ2v) is 13.7. The molecule has 5 rings (SSSR count). The Labute approximate surface area is 268 Å². The van der Waals surface area contributed by atoms with Crippen molar-refractivity contribution < 1.29 is 92.2 Å². The zero-order valence-electron chi connectivity index (χ0n) is 25.7. The third kappa shape index (κ3) is 8.33. The highest BCUT2D eigenvalue weighted by molar-refractivity contribution is 7.47. The number of aliphatic hydroxyl groups excluding tert-OH is 7. The van der Waals surface area contributed by atoms with Crippen molar-refractivity contribution in [1.29, 1.82) is 0 Å². The fraction of sp³-hybridized carbons (Fsp3) is 0.962. The number of ether oxygens (including phenoxy) is 7. The van der Waals surface area contributed by atoms with Crippen molar-refractivity contribution in [2.75, 3.05) is 13.2 Å². The number of nitrogens with one attached hydrogen (secondary N) is 1. The first kappa shape index (κ1) is 37.3. The molecule has 21 heteroatoms. The Hall–Kier alpha value is -0.980. The molecule has 19 atom stereocenters. The van der Waals surface area contributed by atoms with E-state index in [1.54, 1.807) is 6.92 Å². The van der Waals surface area contributed by atoms with Gasteiger partial charge in [0.05, 0.1) is 37.6 Å². The number of phosphoric ester groups is 1. The lowest BCUT2D eigenvalue weighted by molar-refractivity contribution is -0.385. The van der Waals surface area contributed by atoms with Crippen molar-refractivity contribution in [3.05, 3.63) is 0 Å². The van der Waals surface area contributed by atoms with Gasteiger partial charge in [0.15, 0.2) is 25.2 Å². The molecule has 0 bridgehead atoms. The van der Waals surface area contributed by atoms with Crippen LogP contribution < -0.4 is 5.32 Å². The van der Waals surface area contributed by atoms with Crippen LogP contribution in [0.15, 0.2) is 0 Å². The monoisotopic (exact) mass is 705 g/mol. The van der Waals surface area contributed by atoms with E-state index in [4.69, 9.17) is 42.2 Å². The molecule has 0 aromatic rings. The van der Waals surface area contributed by atoms with Gasteiger partial charge in [-0.1, -0.05) is 0 Å². The highest BCUT2D eigenvalue weighted by Gasteiger charge is 2.57. The number of fused-ring (bicyclic) bond motifs is 1. The van der Waals surface area contributed by atoms with Gasteiger partial charge in [-0.05, 0) is 13.8 Å². The standard InChI is InChI=1S/C26H44NO19P/c1-8-11(30)4-13(32)24(39-8)43-20-15(6-28)41-23(35)17(27-10(3)29)21(20)44-26-22(45-25-14(33)5-12(31)9(2)40-25)18(34)19-16(42-26)7-38-47(36,37)46-19/h8-9,11-26,28,30-35H,4-7H2,1-3H3,(H,27,29)(H,36,37)/t8-,9-,11-,12-,13-,14-,15+,16+,17+,18-,19-,20+,21+,22+,23+,24-,25-,26-/m0/s1. The first-order valence-electron chi connectivity index (χ1n) is 15.3. The molecule has 5 fully saturated rings. The quantitative estimate of drug-likeness (QED) is 0.108. The Morgan fingerprint density at radius 1 is 0.809 bits per heavy atom. The van der Waals surface area contributed by atoms with Gasteiger partial charge in [0.2, 0.25) is 5.91 Å². The lowest BCUT2D eigenvalue weighted by Crippen LogP contribution is -2.69. The Balaban J connectivity index is 1.48. The lowest BCUT2D eigenvalue weighted by Gasteiger charge is -2.51. The van der Waals surface area contributed by atoms with Gasteiger partial charge >= 0.3 is 7.82 Å². The molecule has 0 radical (unpaired) electrons. The van der Waals surface area contributed by atoms with Crippen LogP contribution >= 0.6 is 7.82 Å². The summed E-state index contributed by atoms with van der Waals surface area (Å²) < 4.78 is 63.2. The highest BCUT2D eigenvalue weighted by atomic mass is 31.2. The van der Waals surface area contributed by atoms with Gasteiger partial charge in [-0.25, -0.2) is 4.57 Å².